The third-order valence-electron chi connectivity index (χ3n) is 2.56. The summed E-state index contributed by atoms with van der Waals surface area (Å²) in [6, 6.07) is 5.75. The first-order chi connectivity index (χ1) is 9.58. The van der Waals surface area contributed by atoms with Crippen LogP contribution in [0.15, 0.2) is 36.9 Å². The molecule has 6 nitrogen and oxygen atoms in total. The highest BCUT2D eigenvalue weighted by Gasteiger charge is 2.12. The third kappa shape index (κ3) is 4.74. The fraction of sp³-hybridized carbons (Fsp3) is 0.286. The summed E-state index contributed by atoms with van der Waals surface area (Å²) in [5.41, 5.74) is 0.552. The van der Waals surface area contributed by atoms with Crippen LogP contribution in [-0.4, -0.2) is 48.8 Å². The van der Waals surface area contributed by atoms with E-state index in [2.05, 4.69) is 11.9 Å². The average molecular weight is 278 g/mol. The maximum atomic E-state index is 12.1. The Labute approximate surface area is 117 Å². The normalized spacial score (nSPS) is 9.85. The Balaban J connectivity index is 2.73. The van der Waals surface area contributed by atoms with Gasteiger partial charge in [0.1, 0.15) is 0 Å². The van der Waals surface area contributed by atoms with Crippen molar-refractivity contribution in [3.05, 3.63) is 42.5 Å². The molecule has 0 heterocycles. The summed E-state index contributed by atoms with van der Waals surface area (Å²) >= 11 is 0. The molecule has 2 amide bonds. The van der Waals surface area contributed by atoms with E-state index < -0.39 is 5.97 Å². The molecule has 0 atom stereocenters. The Bertz CT molecular complexity index is 488. The maximum absolute atomic E-state index is 12.1. The van der Waals surface area contributed by atoms with Crippen molar-refractivity contribution in [2.45, 2.75) is 0 Å². The van der Waals surface area contributed by atoms with Gasteiger partial charge in [0.05, 0.1) is 12.2 Å². The fourth-order valence-corrected chi connectivity index (χ4v) is 1.57. The first-order valence-corrected chi connectivity index (χ1v) is 6.07. The zero-order valence-electron chi connectivity index (χ0n) is 11.3. The van der Waals surface area contributed by atoms with E-state index in [9.17, 15) is 9.59 Å². The zero-order valence-corrected chi connectivity index (χ0v) is 11.3. The van der Waals surface area contributed by atoms with Crippen LogP contribution in [0.4, 0.5) is 10.5 Å². The minimum absolute atomic E-state index is 0.120. The van der Waals surface area contributed by atoms with E-state index in [4.69, 9.17) is 9.84 Å². The number of urea groups is 1. The number of ether oxygens (including phenoxy) is 1. The van der Waals surface area contributed by atoms with Crippen LogP contribution in [-0.2, 0) is 4.74 Å². The van der Waals surface area contributed by atoms with Gasteiger partial charge in [-0.1, -0.05) is 12.1 Å². The number of carbonyl (C=O) groups excluding carboxylic acids is 1. The number of nitrogens with one attached hydrogen (secondary N) is 1. The number of hydrogen-bond donors (Lipinski definition) is 2. The highest BCUT2D eigenvalue weighted by Crippen LogP contribution is 2.11. The van der Waals surface area contributed by atoms with Crippen molar-refractivity contribution in [2.24, 2.45) is 0 Å². The number of rotatable bonds is 7. The van der Waals surface area contributed by atoms with Crippen molar-refractivity contribution in [1.29, 1.82) is 0 Å². The summed E-state index contributed by atoms with van der Waals surface area (Å²) in [7, 11) is 1.56. The van der Waals surface area contributed by atoms with Gasteiger partial charge in [0.25, 0.3) is 0 Å². The zero-order chi connectivity index (χ0) is 15.0. The molecule has 0 saturated carbocycles. The van der Waals surface area contributed by atoms with E-state index in [1.807, 2.05) is 0 Å². The number of anilines is 1. The van der Waals surface area contributed by atoms with Crippen molar-refractivity contribution in [1.82, 2.24) is 4.90 Å². The molecule has 108 valence electrons. The minimum Gasteiger partial charge on any atom is -0.478 e. The van der Waals surface area contributed by atoms with Gasteiger partial charge < -0.3 is 20.1 Å². The maximum Gasteiger partial charge on any atom is 0.335 e. The second kappa shape index (κ2) is 7.96. The molecule has 0 fully saturated rings. The van der Waals surface area contributed by atoms with Gasteiger partial charge in [-0.05, 0) is 18.2 Å². The number of carbonyl (C=O) groups is 2. The lowest BCUT2D eigenvalue weighted by atomic mass is 10.2. The molecule has 0 spiro atoms. The van der Waals surface area contributed by atoms with Crippen molar-refractivity contribution < 1.29 is 19.4 Å². The molecule has 0 bridgehead atoms. The van der Waals surface area contributed by atoms with Crippen molar-refractivity contribution in [3.8, 4) is 0 Å². The predicted octanol–water partition coefficient (Wildman–Crippen LogP) is 2.05. The Morgan fingerprint density at radius 2 is 2.25 bits per heavy atom. The Morgan fingerprint density at radius 1 is 1.50 bits per heavy atom. The number of carboxylic acid groups (broad SMARTS) is 1. The number of benzene rings is 1. The van der Waals surface area contributed by atoms with E-state index >= 15 is 0 Å². The standard InChI is InChI=1S/C14H18N2O4/c1-3-7-16(8-9-20-2)14(19)15-12-6-4-5-11(10-12)13(17)18/h3-6,10H,1,7-9H2,2H3,(H,15,19)(H,17,18). The molecule has 1 rings (SSSR count). The van der Waals surface area contributed by atoms with Gasteiger partial charge in [-0.3, -0.25) is 0 Å². The van der Waals surface area contributed by atoms with Crippen LogP contribution in [0.1, 0.15) is 10.4 Å². The molecular weight excluding hydrogens is 260 g/mol. The van der Waals surface area contributed by atoms with Gasteiger partial charge in [0.2, 0.25) is 0 Å². The van der Waals surface area contributed by atoms with Crippen molar-refractivity contribution in [3.63, 3.8) is 0 Å². The topological polar surface area (TPSA) is 78.9 Å². The number of methoxy groups -OCH3 is 1. The van der Waals surface area contributed by atoms with Crippen LogP contribution < -0.4 is 5.32 Å². The van der Waals surface area contributed by atoms with Gasteiger partial charge in [-0.15, -0.1) is 6.58 Å². The average Bonchev–Trinajstić information content (AvgIpc) is 2.43. The first-order valence-electron chi connectivity index (χ1n) is 6.07. The lowest BCUT2D eigenvalue weighted by Crippen LogP contribution is -2.37. The molecule has 0 aromatic heterocycles. The molecule has 0 saturated heterocycles. The van der Waals surface area contributed by atoms with Crippen LogP contribution in [0.3, 0.4) is 0 Å². The Hall–Kier alpha value is -2.34. The largest absolute Gasteiger partial charge is 0.478 e. The van der Waals surface area contributed by atoms with Crippen LogP contribution in [0, 0.1) is 0 Å². The number of nitrogens with zero attached hydrogens (tertiary/aromatic N) is 1. The summed E-state index contributed by atoms with van der Waals surface area (Å²) < 4.78 is 4.94. The first kappa shape index (κ1) is 15.7. The molecule has 1 aromatic carbocycles. The summed E-state index contributed by atoms with van der Waals surface area (Å²) in [6.45, 7) is 4.81. The quantitative estimate of drug-likeness (QED) is 0.748. The molecule has 6 heteroatoms. The van der Waals surface area contributed by atoms with Gasteiger partial charge in [0.15, 0.2) is 0 Å². The van der Waals surface area contributed by atoms with E-state index in [0.29, 0.717) is 25.4 Å². The molecule has 0 aliphatic rings. The number of hydrogen-bond acceptors (Lipinski definition) is 3. The highest BCUT2D eigenvalue weighted by molar-refractivity contribution is 5.93. The van der Waals surface area contributed by atoms with E-state index in [0.717, 1.165) is 0 Å². The fourth-order valence-electron chi connectivity index (χ4n) is 1.57. The lowest BCUT2D eigenvalue weighted by Gasteiger charge is -2.21. The summed E-state index contributed by atoms with van der Waals surface area (Å²) in [5.74, 6) is -1.04. The third-order valence-corrected chi connectivity index (χ3v) is 2.56. The molecule has 2 N–H and O–H groups in total. The second-order valence-electron chi connectivity index (χ2n) is 4.04. The molecule has 0 aliphatic carbocycles. The smallest absolute Gasteiger partial charge is 0.335 e. The molecule has 0 unspecified atom stereocenters. The molecule has 1 aromatic rings. The summed E-state index contributed by atoms with van der Waals surface area (Å²) in [4.78, 5) is 24.4. The van der Waals surface area contributed by atoms with E-state index in [-0.39, 0.29) is 11.6 Å². The molecular formula is C14H18N2O4. The van der Waals surface area contributed by atoms with Crippen LogP contribution in [0.2, 0.25) is 0 Å². The van der Waals surface area contributed by atoms with Gasteiger partial charge in [0, 0.05) is 25.9 Å². The summed E-state index contributed by atoms with van der Waals surface area (Å²) in [6.07, 6.45) is 1.61. The minimum atomic E-state index is -1.04. The lowest BCUT2D eigenvalue weighted by molar-refractivity contribution is 0.0697. The van der Waals surface area contributed by atoms with Crippen LogP contribution in [0.25, 0.3) is 0 Å². The molecule has 0 radical (unpaired) electrons. The predicted molar refractivity (Wildman–Crippen MR) is 76.1 cm³/mol. The van der Waals surface area contributed by atoms with Gasteiger partial charge in [-0.2, -0.15) is 0 Å². The monoisotopic (exact) mass is 278 g/mol. The van der Waals surface area contributed by atoms with Crippen LogP contribution >= 0.6 is 0 Å². The Morgan fingerprint density at radius 3 is 2.85 bits per heavy atom. The molecule has 0 aliphatic heterocycles. The van der Waals surface area contributed by atoms with Crippen molar-refractivity contribution in [2.75, 3.05) is 32.1 Å². The number of amides is 2. The van der Waals surface area contributed by atoms with Crippen LogP contribution in [0.5, 0.6) is 0 Å². The van der Waals surface area contributed by atoms with Gasteiger partial charge >= 0.3 is 12.0 Å². The van der Waals surface area contributed by atoms with E-state index in [1.165, 1.54) is 17.0 Å². The van der Waals surface area contributed by atoms with E-state index in [1.54, 1.807) is 25.3 Å². The van der Waals surface area contributed by atoms with Crippen molar-refractivity contribution >= 4 is 17.7 Å². The Kier molecular flexibility index (Phi) is 6.25. The number of carboxylic acids is 1. The second-order valence-corrected chi connectivity index (χ2v) is 4.04. The highest BCUT2D eigenvalue weighted by atomic mass is 16.5. The molecule has 20 heavy (non-hydrogen) atoms. The number of aromatic carboxylic acids is 1. The SMILES string of the molecule is C=CCN(CCOC)C(=O)Nc1cccc(C(=O)O)c1. The summed E-state index contributed by atoms with van der Waals surface area (Å²) in [5, 5.41) is 11.6. The van der Waals surface area contributed by atoms with Gasteiger partial charge in [-0.25, -0.2) is 9.59 Å².